The molecule has 2 amide bonds. The van der Waals surface area contributed by atoms with Gasteiger partial charge in [-0.2, -0.15) is 0 Å². The van der Waals surface area contributed by atoms with Crippen molar-refractivity contribution >= 4 is 46.3 Å². The number of hydrogen-bond donors (Lipinski definition) is 0. The summed E-state index contributed by atoms with van der Waals surface area (Å²) in [6.45, 7) is 2.58. The van der Waals surface area contributed by atoms with Crippen molar-refractivity contribution in [2.24, 2.45) is 0 Å². The van der Waals surface area contributed by atoms with Crippen LogP contribution in [0.2, 0.25) is 5.02 Å². The van der Waals surface area contributed by atoms with Crippen molar-refractivity contribution in [3.8, 4) is 23.0 Å². The maximum absolute atomic E-state index is 13.2. The number of ether oxygens (including phenoxy) is 4. The van der Waals surface area contributed by atoms with Gasteiger partial charge in [0.2, 0.25) is 0 Å². The Morgan fingerprint density at radius 1 is 0.917 bits per heavy atom. The Bertz CT molecular complexity index is 1330. The average Bonchev–Trinajstić information content (AvgIpc) is 3.16. The molecule has 0 radical (unpaired) electrons. The molecule has 4 rings (SSSR count). The molecule has 0 aromatic heterocycles. The van der Waals surface area contributed by atoms with Crippen LogP contribution < -0.4 is 23.8 Å². The number of thioether (sulfide) groups is 1. The zero-order valence-electron chi connectivity index (χ0n) is 19.9. The summed E-state index contributed by atoms with van der Waals surface area (Å²) in [6.07, 6.45) is 1.65. The van der Waals surface area contributed by atoms with E-state index < -0.39 is 11.1 Å². The normalized spacial score (nSPS) is 14.3. The van der Waals surface area contributed by atoms with E-state index in [4.69, 9.17) is 30.5 Å². The van der Waals surface area contributed by atoms with Gasteiger partial charge < -0.3 is 18.9 Å². The van der Waals surface area contributed by atoms with Gasteiger partial charge in [-0.25, -0.2) is 4.90 Å². The van der Waals surface area contributed by atoms with E-state index in [2.05, 4.69) is 0 Å². The Labute approximate surface area is 218 Å². The quantitative estimate of drug-likeness (QED) is 0.292. The lowest BCUT2D eigenvalue weighted by atomic mass is 10.1. The lowest BCUT2D eigenvalue weighted by molar-refractivity contribution is -0.113. The van der Waals surface area contributed by atoms with Gasteiger partial charge in [0.25, 0.3) is 11.1 Å². The highest BCUT2D eigenvalue weighted by Gasteiger charge is 2.38. The highest BCUT2D eigenvalue weighted by Crippen LogP contribution is 2.41. The molecule has 1 aliphatic heterocycles. The van der Waals surface area contributed by atoms with E-state index >= 15 is 0 Å². The lowest BCUT2D eigenvalue weighted by Crippen LogP contribution is -2.28. The van der Waals surface area contributed by atoms with E-state index in [0.717, 1.165) is 22.2 Å². The first-order chi connectivity index (χ1) is 17.4. The molecule has 0 unspecified atom stereocenters. The lowest BCUT2D eigenvalue weighted by Gasteiger charge is -2.17. The second-order valence-corrected chi connectivity index (χ2v) is 8.97. The van der Waals surface area contributed by atoms with Crippen LogP contribution in [0.5, 0.6) is 23.0 Å². The van der Waals surface area contributed by atoms with Gasteiger partial charge in [-0.3, -0.25) is 9.59 Å². The summed E-state index contributed by atoms with van der Waals surface area (Å²) in [7, 11) is 3.00. The number of anilines is 1. The van der Waals surface area contributed by atoms with Crippen LogP contribution in [0.3, 0.4) is 0 Å². The van der Waals surface area contributed by atoms with Gasteiger partial charge in [-0.05, 0) is 60.7 Å². The predicted molar refractivity (Wildman–Crippen MR) is 141 cm³/mol. The molecule has 1 heterocycles. The molecule has 36 heavy (non-hydrogen) atoms. The second kappa shape index (κ2) is 11.4. The fourth-order valence-corrected chi connectivity index (χ4v) is 4.59. The number of methoxy groups -OCH3 is 2. The number of halogens is 1. The van der Waals surface area contributed by atoms with E-state index in [1.807, 2.05) is 25.1 Å². The first kappa shape index (κ1) is 25.5. The molecule has 0 spiro atoms. The smallest absolute Gasteiger partial charge is 0.298 e. The molecule has 186 valence electrons. The molecule has 3 aromatic rings. The number of carbonyl (C=O) groups excluding carboxylic acids is 2. The largest absolute Gasteiger partial charge is 0.497 e. The minimum atomic E-state index is -0.439. The van der Waals surface area contributed by atoms with Crippen LogP contribution in [0.15, 0.2) is 65.6 Å². The fourth-order valence-electron chi connectivity index (χ4n) is 3.57. The van der Waals surface area contributed by atoms with Gasteiger partial charge in [0.15, 0.2) is 11.5 Å². The van der Waals surface area contributed by atoms with Crippen molar-refractivity contribution in [3.05, 3.63) is 81.7 Å². The number of nitrogens with zero attached hydrogens (tertiary/aromatic N) is 1. The number of amides is 2. The Balaban J connectivity index is 1.58. The SMILES string of the molecule is CCOc1cc(/C=C2\SC(=O)N(c3ccc(OC)cc3OC)C2=O)ccc1OCc1ccccc1Cl. The third-order valence-corrected chi connectivity index (χ3v) is 6.57. The molecule has 7 nitrogen and oxygen atoms in total. The summed E-state index contributed by atoms with van der Waals surface area (Å²) in [5.74, 6) is 1.54. The Morgan fingerprint density at radius 3 is 2.44 bits per heavy atom. The third kappa shape index (κ3) is 5.45. The van der Waals surface area contributed by atoms with Crippen LogP contribution in [-0.4, -0.2) is 32.0 Å². The van der Waals surface area contributed by atoms with E-state index in [9.17, 15) is 9.59 Å². The van der Waals surface area contributed by atoms with E-state index in [1.165, 1.54) is 14.2 Å². The zero-order valence-corrected chi connectivity index (χ0v) is 21.5. The van der Waals surface area contributed by atoms with Crippen molar-refractivity contribution in [1.29, 1.82) is 0 Å². The standard InChI is InChI=1S/C27H24ClNO6S/c1-4-34-24-13-17(9-12-22(24)35-16-18-7-5-6-8-20(18)28)14-25-26(30)29(27(31)36-25)21-11-10-19(32-2)15-23(21)33-3/h5-15H,4,16H2,1-3H3/b25-14-. The molecule has 1 aliphatic rings. The Hall–Kier alpha value is -3.62. The summed E-state index contributed by atoms with van der Waals surface area (Å²) in [6, 6.07) is 17.7. The van der Waals surface area contributed by atoms with Crippen LogP contribution in [0.1, 0.15) is 18.1 Å². The molecule has 3 aromatic carbocycles. The van der Waals surface area contributed by atoms with Gasteiger partial charge in [-0.1, -0.05) is 35.9 Å². The highest BCUT2D eigenvalue weighted by molar-refractivity contribution is 8.19. The Morgan fingerprint density at radius 2 is 1.72 bits per heavy atom. The number of rotatable bonds is 9. The number of imide groups is 1. The predicted octanol–water partition coefficient (Wildman–Crippen LogP) is 6.58. The fraction of sp³-hybridized carbons (Fsp3) is 0.185. The zero-order chi connectivity index (χ0) is 25.7. The van der Waals surface area contributed by atoms with Gasteiger partial charge >= 0.3 is 0 Å². The summed E-state index contributed by atoms with van der Waals surface area (Å²) >= 11 is 7.09. The highest BCUT2D eigenvalue weighted by atomic mass is 35.5. The van der Waals surface area contributed by atoms with Crippen LogP contribution in [0, 0.1) is 0 Å². The summed E-state index contributed by atoms with van der Waals surface area (Å²) in [5, 5.41) is 0.204. The molecule has 1 fully saturated rings. The minimum absolute atomic E-state index is 0.279. The topological polar surface area (TPSA) is 74.3 Å². The molecule has 0 bridgehead atoms. The molecule has 1 saturated heterocycles. The van der Waals surface area contributed by atoms with Crippen molar-refractivity contribution in [2.75, 3.05) is 25.7 Å². The summed E-state index contributed by atoms with van der Waals surface area (Å²) in [4.78, 5) is 27.3. The number of benzene rings is 3. The minimum Gasteiger partial charge on any atom is -0.497 e. The molecule has 0 atom stereocenters. The maximum Gasteiger partial charge on any atom is 0.298 e. The van der Waals surface area contributed by atoms with Crippen molar-refractivity contribution in [2.45, 2.75) is 13.5 Å². The molecule has 0 saturated carbocycles. The van der Waals surface area contributed by atoms with Crippen LogP contribution in [-0.2, 0) is 11.4 Å². The van der Waals surface area contributed by atoms with Crippen LogP contribution >= 0.6 is 23.4 Å². The summed E-state index contributed by atoms with van der Waals surface area (Å²) < 4.78 is 22.3. The van der Waals surface area contributed by atoms with Crippen molar-refractivity contribution in [3.63, 3.8) is 0 Å². The first-order valence-corrected chi connectivity index (χ1v) is 12.3. The van der Waals surface area contributed by atoms with Crippen LogP contribution in [0.4, 0.5) is 10.5 Å². The van der Waals surface area contributed by atoms with Crippen molar-refractivity contribution < 1.29 is 28.5 Å². The molecule has 0 N–H and O–H groups in total. The third-order valence-electron chi connectivity index (χ3n) is 5.33. The van der Waals surface area contributed by atoms with Gasteiger partial charge in [0.05, 0.1) is 31.4 Å². The van der Waals surface area contributed by atoms with Crippen molar-refractivity contribution in [1.82, 2.24) is 0 Å². The van der Waals surface area contributed by atoms with Gasteiger partial charge in [0, 0.05) is 16.7 Å². The summed E-state index contributed by atoms with van der Waals surface area (Å²) in [5.41, 5.74) is 1.89. The van der Waals surface area contributed by atoms with E-state index in [0.29, 0.717) is 45.9 Å². The molecular weight excluding hydrogens is 502 g/mol. The van der Waals surface area contributed by atoms with Gasteiger partial charge in [0.1, 0.15) is 18.1 Å². The molecule has 0 aliphatic carbocycles. The van der Waals surface area contributed by atoms with Crippen LogP contribution in [0.25, 0.3) is 6.08 Å². The molecular formula is C27H24ClNO6S. The van der Waals surface area contributed by atoms with E-state index in [-0.39, 0.29) is 11.5 Å². The first-order valence-electron chi connectivity index (χ1n) is 11.1. The maximum atomic E-state index is 13.2. The molecule has 9 heteroatoms. The number of carbonyl (C=O) groups is 2. The second-order valence-electron chi connectivity index (χ2n) is 7.57. The van der Waals surface area contributed by atoms with Gasteiger partial charge in [-0.15, -0.1) is 0 Å². The average molecular weight is 526 g/mol. The van der Waals surface area contributed by atoms with E-state index in [1.54, 1.807) is 48.5 Å². The Kier molecular flexibility index (Phi) is 8.07. The number of hydrogen-bond acceptors (Lipinski definition) is 7. The monoisotopic (exact) mass is 525 g/mol.